The van der Waals surface area contributed by atoms with Crippen LogP contribution in [0.2, 0.25) is 0 Å². The van der Waals surface area contributed by atoms with Gasteiger partial charge in [0, 0.05) is 18.7 Å². The van der Waals surface area contributed by atoms with Crippen molar-refractivity contribution in [2.75, 3.05) is 18.5 Å². The van der Waals surface area contributed by atoms with E-state index in [2.05, 4.69) is 10.6 Å². The molecule has 1 amide bonds. The van der Waals surface area contributed by atoms with Gasteiger partial charge in [-0.1, -0.05) is 19.3 Å². The summed E-state index contributed by atoms with van der Waals surface area (Å²) in [6.45, 7) is -0.523. The van der Waals surface area contributed by atoms with Crippen molar-refractivity contribution in [2.45, 2.75) is 50.7 Å². The molecule has 0 spiro atoms. The first-order chi connectivity index (χ1) is 13.7. The van der Waals surface area contributed by atoms with Gasteiger partial charge in [-0.25, -0.2) is 0 Å². The van der Waals surface area contributed by atoms with E-state index < -0.39 is 40.8 Å². The molecule has 0 unspecified atom stereocenters. The lowest BCUT2D eigenvalue weighted by Gasteiger charge is -2.22. The van der Waals surface area contributed by atoms with Crippen molar-refractivity contribution in [3.05, 3.63) is 33.9 Å². The van der Waals surface area contributed by atoms with Crippen LogP contribution in [0, 0.1) is 10.1 Å². The Balaban J connectivity index is 1.77. The second-order valence-corrected chi connectivity index (χ2v) is 6.73. The van der Waals surface area contributed by atoms with Gasteiger partial charge < -0.3 is 15.4 Å². The van der Waals surface area contributed by atoms with Crippen LogP contribution < -0.4 is 10.6 Å². The van der Waals surface area contributed by atoms with E-state index in [1.54, 1.807) is 0 Å². The van der Waals surface area contributed by atoms with Gasteiger partial charge in [0.15, 0.2) is 6.61 Å². The highest BCUT2D eigenvalue weighted by Gasteiger charge is 2.33. The summed E-state index contributed by atoms with van der Waals surface area (Å²) in [6.07, 6.45) is 0.121. The summed E-state index contributed by atoms with van der Waals surface area (Å²) in [5.41, 5.74) is -2.04. The van der Waals surface area contributed by atoms with E-state index in [1.807, 2.05) is 0 Å². The monoisotopic (exact) mass is 417 g/mol. The molecule has 0 aromatic heterocycles. The van der Waals surface area contributed by atoms with Crippen molar-refractivity contribution in [1.29, 1.82) is 0 Å². The number of halogens is 3. The van der Waals surface area contributed by atoms with Crippen LogP contribution in [-0.4, -0.2) is 36.0 Å². The van der Waals surface area contributed by atoms with Crippen LogP contribution in [0.5, 0.6) is 0 Å². The second kappa shape index (κ2) is 10.1. The molecule has 1 aromatic carbocycles. The zero-order valence-corrected chi connectivity index (χ0v) is 15.6. The Morgan fingerprint density at radius 2 is 1.90 bits per heavy atom. The van der Waals surface area contributed by atoms with Gasteiger partial charge in [0.1, 0.15) is 5.69 Å². The van der Waals surface area contributed by atoms with Gasteiger partial charge in [-0.15, -0.1) is 0 Å². The number of alkyl halides is 3. The first kappa shape index (κ1) is 22.4. The molecule has 160 valence electrons. The highest BCUT2D eigenvalue weighted by molar-refractivity contribution is 5.80. The minimum atomic E-state index is -4.70. The lowest BCUT2D eigenvalue weighted by Crippen LogP contribution is -2.38. The van der Waals surface area contributed by atoms with E-state index in [-0.39, 0.29) is 24.7 Å². The Morgan fingerprint density at radius 1 is 1.21 bits per heavy atom. The number of nitro benzene ring substituents is 1. The Kier molecular flexibility index (Phi) is 7.80. The number of carbonyl (C=O) groups is 2. The standard InChI is InChI=1S/C18H22F3N3O5/c19-18(20,21)12-6-7-14(15(10-12)24(27)28)22-9-8-17(26)29-11-16(25)23-13-4-2-1-3-5-13/h6-7,10,13,22H,1-5,8-9,11H2,(H,23,25). The minimum Gasteiger partial charge on any atom is -0.456 e. The predicted molar refractivity (Wildman–Crippen MR) is 97.2 cm³/mol. The molecule has 2 N–H and O–H groups in total. The number of hydrogen-bond donors (Lipinski definition) is 2. The summed E-state index contributed by atoms with van der Waals surface area (Å²) in [5, 5.41) is 16.3. The molecule has 11 heteroatoms. The molecule has 0 saturated heterocycles. The molecule has 0 radical (unpaired) electrons. The van der Waals surface area contributed by atoms with Crippen LogP contribution in [0.25, 0.3) is 0 Å². The molecule has 2 rings (SSSR count). The molecule has 1 aliphatic rings. The van der Waals surface area contributed by atoms with Crippen molar-refractivity contribution >= 4 is 23.3 Å². The lowest BCUT2D eigenvalue weighted by atomic mass is 9.95. The van der Waals surface area contributed by atoms with Crippen LogP contribution in [0.15, 0.2) is 18.2 Å². The fourth-order valence-electron chi connectivity index (χ4n) is 3.04. The SMILES string of the molecule is O=C(COC(=O)CCNc1ccc(C(F)(F)F)cc1[N+](=O)[O-])NC1CCCCC1. The Labute approximate surface area is 164 Å². The number of benzene rings is 1. The molecule has 1 aromatic rings. The molecule has 0 bridgehead atoms. The zero-order valence-electron chi connectivity index (χ0n) is 15.6. The second-order valence-electron chi connectivity index (χ2n) is 6.73. The maximum atomic E-state index is 12.7. The highest BCUT2D eigenvalue weighted by Crippen LogP contribution is 2.34. The largest absolute Gasteiger partial charge is 0.456 e. The summed E-state index contributed by atoms with van der Waals surface area (Å²) >= 11 is 0. The van der Waals surface area contributed by atoms with Gasteiger partial charge >= 0.3 is 12.1 Å². The zero-order chi connectivity index (χ0) is 21.4. The van der Waals surface area contributed by atoms with E-state index in [1.165, 1.54) is 0 Å². The van der Waals surface area contributed by atoms with Crippen molar-refractivity contribution < 1.29 is 32.4 Å². The molecule has 1 aliphatic carbocycles. The number of nitrogens with zero attached hydrogens (tertiary/aromatic N) is 1. The minimum absolute atomic E-state index is 0.0943. The number of nitro groups is 1. The Morgan fingerprint density at radius 3 is 2.52 bits per heavy atom. The number of esters is 1. The number of carbonyl (C=O) groups excluding carboxylic acids is 2. The molecule has 0 aliphatic heterocycles. The van der Waals surface area contributed by atoms with Gasteiger partial charge in [-0.05, 0) is 25.0 Å². The van der Waals surface area contributed by atoms with Gasteiger partial charge in [-0.2, -0.15) is 13.2 Å². The van der Waals surface area contributed by atoms with E-state index in [0.29, 0.717) is 12.1 Å². The Hall–Kier alpha value is -2.85. The Bertz CT molecular complexity index is 749. The molecule has 0 atom stereocenters. The van der Waals surface area contributed by atoms with Crippen LogP contribution in [0.4, 0.5) is 24.5 Å². The smallest absolute Gasteiger partial charge is 0.416 e. The third-order valence-electron chi connectivity index (χ3n) is 4.50. The number of anilines is 1. The van der Waals surface area contributed by atoms with Crippen LogP contribution >= 0.6 is 0 Å². The fraction of sp³-hybridized carbons (Fsp3) is 0.556. The molecule has 1 saturated carbocycles. The number of nitrogens with one attached hydrogen (secondary N) is 2. The molecule has 0 heterocycles. The summed E-state index contributed by atoms with van der Waals surface area (Å²) < 4.78 is 42.9. The fourth-order valence-corrected chi connectivity index (χ4v) is 3.04. The van der Waals surface area contributed by atoms with Crippen molar-refractivity contribution in [2.24, 2.45) is 0 Å². The summed E-state index contributed by atoms with van der Waals surface area (Å²) in [6, 6.07) is 2.17. The number of hydrogen-bond acceptors (Lipinski definition) is 6. The van der Waals surface area contributed by atoms with Gasteiger partial charge in [0.2, 0.25) is 0 Å². The van der Waals surface area contributed by atoms with Crippen LogP contribution in [-0.2, 0) is 20.5 Å². The van der Waals surface area contributed by atoms with E-state index in [0.717, 1.165) is 38.2 Å². The number of amides is 1. The van der Waals surface area contributed by atoms with Crippen molar-refractivity contribution in [3.8, 4) is 0 Å². The first-order valence-electron chi connectivity index (χ1n) is 9.21. The third kappa shape index (κ3) is 7.24. The topological polar surface area (TPSA) is 111 Å². The maximum Gasteiger partial charge on any atom is 0.416 e. The molecule has 29 heavy (non-hydrogen) atoms. The van der Waals surface area contributed by atoms with Crippen LogP contribution in [0.1, 0.15) is 44.1 Å². The highest BCUT2D eigenvalue weighted by atomic mass is 19.4. The molecular weight excluding hydrogens is 395 g/mol. The number of ether oxygens (including phenoxy) is 1. The van der Waals surface area contributed by atoms with Crippen molar-refractivity contribution in [1.82, 2.24) is 5.32 Å². The van der Waals surface area contributed by atoms with Gasteiger partial charge in [-0.3, -0.25) is 19.7 Å². The molecule has 1 fully saturated rings. The maximum absolute atomic E-state index is 12.7. The van der Waals surface area contributed by atoms with E-state index >= 15 is 0 Å². The molecular formula is C18H22F3N3O5. The average Bonchev–Trinajstić information content (AvgIpc) is 2.66. The average molecular weight is 417 g/mol. The van der Waals surface area contributed by atoms with Gasteiger partial charge in [0.25, 0.3) is 11.6 Å². The summed E-state index contributed by atoms with van der Waals surface area (Å²) in [4.78, 5) is 33.5. The molecule has 8 nitrogen and oxygen atoms in total. The quantitative estimate of drug-likeness (QED) is 0.381. The van der Waals surface area contributed by atoms with Crippen molar-refractivity contribution in [3.63, 3.8) is 0 Å². The van der Waals surface area contributed by atoms with E-state index in [9.17, 15) is 32.9 Å². The first-order valence-corrected chi connectivity index (χ1v) is 9.21. The van der Waals surface area contributed by atoms with E-state index in [4.69, 9.17) is 4.74 Å². The van der Waals surface area contributed by atoms with Crippen LogP contribution in [0.3, 0.4) is 0 Å². The lowest BCUT2D eigenvalue weighted by molar-refractivity contribution is -0.384. The number of rotatable bonds is 8. The third-order valence-corrected chi connectivity index (χ3v) is 4.50. The summed E-state index contributed by atoms with van der Waals surface area (Å²) in [5.74, 6) is -1.09. The van der Waals surface area contributed by atoms with Gasteiger partial charge in [0.05, 0.1) is 16.9 Å². The predicted octanol–water partition coefficient (Wildman–Crippen LogP) is 3.41. The summed E-state index contributed by atoms with van der Waals surface area (Å²) in [7, 11) is 0. The normalized spacial score (nSPS) is 14.9.